The van der Waals surface area contributed by atoms with E-state index in [1.165, 1.54) is 0 Å². The largest absolute Gasteiger partial charge is 0.347 e. The number of carbonyl (C=O) groups is 2. The van der Waals surface area contributed by atoms with Crippen molar-refractivity contribution >= 4 is 11.8 Å². The molecular weight excluding hydrogens is 306 g/mol. The fraction of sp³-hybridized carbons (Fsp3) is 0.412. The van der Waals surface area contributed by atoms with Crippen LogP contribution in [0.4, 0.5) is 0 Å². The van der Waals surface area contributed by atoms with Gasteiger partial charge in [0.1, 0.15) is 0 Å². The van der Waals surface area contributed by atoms with E-state index in [1.807, 2.05) is 30.9 Å². The maximum atomic E-state index is 12.5. The van der Waals surface area contributed by atoms with Crippen molar-refractivity contribution in [3.63, 3.8) is 0 Å². The van der Waals surface area contributed by atoms with Gasteiger partial charge in [-0.3, -0.25) is 9.59 Å². The Kier molecular flexibility index (Phi) is 4.59. The molecule has 3 rings (SSSR count). The molecule has 1 fully saturated rings. The van der Waals surface area contributed by atoms with Crippen molar-refractivity contribution in [1.82, 2.24) is 25.2 Å². The summed E-state index contributed by atoms with van der Waals surface area (Å²) in [6.07, 6.45) is 4.10. The molecule has 0 spiro atoms. The van der Waals surface area contributed by atoms with Gasteiger partial charge >= 0.3 is 0 Å². The van der Waals surface area contributed by atoms with E-state index in [4.69, 9.17) is 0 Å². The van der Waals surface area contributed by atoms with Gasteiger partial charge in [-0.2, -0.15) is 0 Å². The lowest BCUT2D eigenvalue weighted by Crippen LogP contribution is -2.39. The predicted octanol–water partition coefficient (Wildman–Crippen LogP) is 1.25. The second kappa shape index (κ2) is 6.82. The molecule has 1 aromatic heterocycles. The number of hydrogen-bond acceptors (Lipinski definition) is 4. The molecule has 1 unspecified atom stereocenters. The number of carbonyl (C=O) groups excluding carboxylic acids is 2. The van der Waals surface area contributed by atoms with Crippen LogP contribution in [0.2, 0.25) is 0 Å². The van der Waals surface area contributed by atoms with Crippen LogP contribution in [0, 0.1) is 5.92 Å². The molecule has 7 heteroatoms. The first-order valence-corrected chi connectivity index (χ1v) is 8.11. The average molecular weight is 327 g/mol. The highest BCUT2D eigenvalue weighted by atomic mass is 16.2. The van der Waals surface area contributed by atoms with Crippen LogP contribution in [0.25, 0.3) is 5.69 Å². The van der Waals surface area contributed by atoms with Crippen LogP contribution < -0.4 is 5.32 Å². The van der Waals surface area contributed by atoms with Gasteiger partial charge in [-0.05, 0) is 24.6 Å². The Bertz CT molecular complexity index is 726. The number of amides is 2. The van der Waals surface area contributed by atoms with Crippen LogP contribution in [0.5, 0.6) is 0 Å². The van der Waals surface area contributed by atoms with Gasteiger partial charge in [-0.1, -0.05) is 25.1 Å². The lowest BCUT2D eigenvalue weighted by atomic mass is 10.1. The predicted molar refractivity (Wildman–Crippen MR) is 88.6 cm³/mol. The summed E-state index contributed by atoms with van der Waals surface area (Å²) in [4.78, 5) is 26.3. The Morgan fingerprint density at radius 3 is 2.88 bits per heavy atom. The molecule has 1 aliphatic rings. The molecule has 1 N–H and O–H groups in total. The van der Waals surface area contributed by atoms with E-state index in [-0.39, 0.29) is 23.8 Å². The fourth-order valence-electron chi connectivity index (χ4n) is 2.85. The summed E-state index contributed by atoms with van der Waals surface area (Å²) in [5.41, 5.74) is 1.35. The zero-order chi connectivity index (χ0) is 17.1. The van der Waals surface area contributed by atoms with E-state index in [2.05, 4.69) is 15.6 Å². The summed E-state index contributed by atoms with van der Waals surface area (Å²) in [5.74, 6) is -0.0143. The van der Waals surface area contributed by atoms with E-state index < -0.39 is 0 Å². The Labute approximate surface area is 140 Å². The maximum absolute atomic E-state index is 12.5. The normalized spacial score (nSPS) is 17.3. The van der Waals surface area contributed by atoms with Crippen molar-refractivity contribution < 1.29 is 9.59 Å². The average Bonchev–Trinajstić information content (AvgIpc) is 3.26. The molecular formula is C17H21N5O2. The summed E-state index contributed by atoms with van der Waals surface area (Å²) in [6.45, 7) is 5.06. The molecule has 24 heavy (non-hydrogen) atoms. The van der Waals surface area contributed by atoms with Gasteiger partial charge in [-0.15, -0.1) is 5.10 Å². The molecule has 1 aliphatic heterocycles. The molecule has 1 aromatic carbocycles. The second-order valence-corrected chi connectivity index (χ2v) is 6.30. The van der Waals surface area contributed by atoms with E-state index in [1.54, 1.807) is 29.2 Å². The Hall–Kier alpha value is -2.70. The highest BCUT2D eigenvalue weighted by Gasteiger charge is 2.28. The smallest absolute Gasteiger partial charge is 0.251 e. The molecule has 1 atom stereocenters. The third kappa shape index (κ3) is 3.45. The summed E-state index contributed by atoms with van der Waals surface area (Å²) >= 11 is 0. The summed E-state index contributed by atoms with van der Waals surface area (Å²) in [7, 11) is 0. The molecule has 2 heterocycles. The van der Waals surface area contributed by atoms with Gasteiger partial charge in [-0.25, -0.2) is 4.68 Å². The van der Waals surface area contributed by atoms with E-state index in [9.17, 15) is 9.59 Å². The first-order valence-electron chi connectivity index (χ1n) is 8.11. The first-order chi connectivity index (χ1) is 11.5. The standard InChI is InChI=1S/C17H21N5O2/c1-12(2)17(24)21-8-6-14(11-21)19-16(23)13-4-3-5-15(10-13)22-9-7-18-20-22/h3-5,7,9-10,12,14H,6,8,11H2,1-2H3,(H,19,23). The van der Waals surface area contributed by atoms with Gasteiger partial charge < -0.3 is 10.2 Å². The van der Waals surface area contributed by atoms with Crippen molar-refractivity contribution in [2.75, 3.05) is 13.1 Å². The lowest BCUT2D eigenvalue weighted by molar-refractivity contribution is -0.133. The zero-order valence-electron chi connectivity index (χ0n) is 13.8. The molecule has 0 radical (unpaired) electrons. The Morgan fingerprint density at radius 2 is 2.17 bits per heavy atom. The van der Waals surface area contributed by atoms with Crippen LogP contribution in [-0.2, 0) is 4.79 Å². The summed E-state index contributed by atoms with van der Waals surface area (Å²) in [6, 6.07) is 7.21. The van der Waals surface area contributed by atoms with Gasteiger partial charge in [0.05, 0.1) is 18.1 Å². The monoisotopic (exact) mass is 327 g/mol. The summed E-state index contributed by atoms with van der Waals surface area (Å²) in [5, 5.41) is 10.7. The van der Waals surface area contributed by atoms with Crippen molar-refractivity contribution in [3.05, 3.63) is 42.2 Å². The minimum Gasteiger partial charge on any atom is -0.347 e. The van der Waals surface area contributed by atoms with E-state index >= 15 is 0 Å². The highest BCUT2D eigenvalue weighted by Crippen LogP contribution is 2.14. The van der Waals surface area contributed by atoms with Gasteiger partial charge in [0.15, 0.2) is 0 Å². The molecule has 2 amide bonds. The van der Waals surface area contributed by atoms with Crippen molar-refractivity contribution in [2.24, 2.45) is 5.92 Å². The number of nitrogens with zero attached hydrogens (tertiary/aromatic N) is 4. The molecule has 2 aromatic rings. The third-order valence-corrected chi connectivity index (χ3v) is 4.12. The lowest BCUT2D eigenvalue weighted by Gasteiger charge is -2.19. The quantitative estimate of drug-likeness (QED) is 0.916. The van der Waals surface area contributed by atoms with Crippen LogP contribution in [0.15, 0.2) is 36.7 Å². The Balaban J connectivity index is 1.64. The molecule has 0 aliphatic carbocycles. The number of hydrogen-bond donors (Lipinski definition) is 1. The highest BCUT2D eigenvalue weighted by molar-refractivity contribution is 5.95. The van der Waals surface area contributed by atoms with Crippen LogP contribution in [0.1, 0.15) is 30.6 Å². The van der Waals surface area contributed by atoms with Crippen LogP contribution in [0.3, 0.4) is 0 Å². The molecule has 1 saturated heterocycles. The Morgan fingerprint density at radius 1 is 1.33 bits per heavy atom. The maximum Gasteiger partial charge on any atom is 0.251 e. The number of rotatable bonds is 4. The van der Waals surface area contributed by atoms with E-state index in [0.29, 0.717) is 18.7 Å². The van der Waals surface area contributed by atoms with Crippen LogP contribution >= 0.6 is 0 Å². The van der Waals surface area contributed by atoms with Crippen LogP contribution in [-0.4, -0.2) is 50.8 Å². The van der Waals surface area contributed by atoms with Gasteiger partial charge in [0, 0.05) is 30.6 Å². The number of nitrogens with one attached hydrogen (secondary N) is 1. The summed E-state index contributed by atoms with van der Waals surface area (Å²) < 4.78 is 1.61. The van der Waals surface area contributed by atoms with Crippen molar-refractivity contribution in [2.45, 2.75) is 26.3 Å². The zero-order valence-corrected chi connectivity index (χ0v) is 13.8. The first kappa shape index (κ1) is 16.2. The van der Waals surface area contributed by atoms with Gasteiger partial charge in [0.2, 0.25) is 5.91 Å². The minimum absolute atomic E-state index is 0.00442. The number of aromatic nitrogens is 3. The number of benzene rings is 1. The molecule has 0 bridgehead atoms. The SMILES string of the molecule is CC(C)C(=O)N1CCC(NC(=O)c2cccc(-n3ccnn3)c2)C1. The molecule has 126 valence electrons. The molecule has 7 nitrogen and oxygen atoms in total. The van der Waals surface area contributed by atoms with Gasteiger partial charge in [0.25, 0.3) is 5.91 Å². The second-order valence-electron chi connectivity index (χ2n) is 6.30. The van der Waals surface area contributed by atoms with Crippen molar-refractivity contribution in [3.8, 4) is 5.69 Å². The van der Waals surface area contributed by atoms with Crippen molar-refractivity contribution in [1.29, 1.82) is 0 Å². The third-order valence-electron chi connectivity index (χ3n) is 4.12. The topological polar surface area (TPSA) is 80.1 Å². The van der Waals surface area contributed by atoms with E-state index in [0.717, 1.165) is 12.1 Å². The molecule has 0 saturated carbocycles. The minimum atomic E-state index is -0.138. The number of likely N-dealkylation sites (tertiary alicyclic amines) is 1. The fourth-order valence-corrected chi connectivity index (χ4v) is 2.85.